The number of carbonyl (C=O) groups excluding carboxylic acids is 2. The number of amides is 1. The van der Waals surface area contributed by atoms with Crippen molar-refractivity contribution in [2.75, 3.05) is 32.9 Å². The van der Waals surface area contributed by atoms with Crippen molar-refractivity contribution in [1.82, 2.24) is 10.2 Å². The van der Waals surface area contributed by atoms with Gasteiger partial charge in [-0.3, -0.25) is 9.59 Å². The number of hydrogen-bond donors (Lipinski definition) is 1. The quantitative estimate of drug-likeness (QED) is 0.735. The van der Waals surface area contributed by atoms with Gasteiger partial charge in [-0.15, -0.1) is 0 Å². The predicted octanol–water partition coefficient (Wildman–Crippen LogP) is 0.480. The van der Waals surface area contributed by atoms with Gasteiger partial charge in [0.2, 0.25) is 5.91 Å². The van der Waals surface area contributed by atoms with Crippen LogP contribution in [0.2, 0.25) is 0 Å². The fourth-order valence-electron chi connectivity index (χ4n) is 1.74. The van der Waals surface area contributed by atoms with Crippen LogP contribution in [0.15, 0.2) is 23.1 Å². The Morgan fingerprint density at radius 3 is 2.45 bits per heavy atom. The zero-order valence-electron chi connectivity index (χ0n) is 12.7. The molecule has 1 N–H and O–H groups in total. The highest BCUT2D eigenvalue weighted by atomic mass is 32.2. The molecule has 1 rings (SSSR count). The Labute approximate surface area is 129 Å². The molecular formula is C14H19FN2O4S. The number of nitrogens with one attached hydrogen (secondary N) is 1. The molecule has 1 aromatic rings. The smallest absolute Gasteiger partial charge is 0.237 e. The maximum Gasteiger partial charge on any atom is 0.237 e. The molecule has 0 saturated heterocycles. The standard InChI is InChI=1S/C14H19FN2O4S/c1-10(18)12-5-4-11(8-13(12)15)22(20,21)9-14(19)17(3)7-6-16-2/h4-5,8,16H,6-7,9H2,1-3H3. The monoisotopic (exact) mass is 330 g/mol. The fourth-order valence-corrected chi connectivity index (χ4v) is 3.01. The van der Waals surface area contributed by atoms with E-state index in [0.29, 0.717) is 13.1 Å². The van der Waals surface area contributed by atoms with Gasteiger partial charge in [-0.25, -0.2) is 12.8 Å². The lowest BCUT2D eigenvalue weighted by Gasteiger charge is -2.17. The maximum atomic E-state index is 13.7. The van der Waals surface area contributed by atoms with Gasteiger partial charge >= 0.3 is 0 Å². The molecule has 0 bridgehead atoms. The van der Waals surface area contributed by atoms with Gasteiger partial charge in [-0.1, -0.05) is 0 Å². The first kappa shape index (κ1) is 18.2. The average Bonchev–Trinajstić information content (AvgIpc) is 2.43. The molecule has 8 heteroatoms. The van der Waals surface area contributed by atoms with Crippen molar-refractivity contribution in [3.63, 3.8) is 0 Å². The summed E-state index contributed by atoms with van der Waals surface area (Å²) in [5.41, 5.74) is -0.184. The van der Waals surface area contributed by atoms with E-state index >= 15 is 0 Å². The van der Waals surface area contributed by atoms with Crippen molar-refractivity contribution < 1.29 is 22.4 Å². The van der Waals surface area contributed by atoms with Crippen molar-refractivity contribution in [2.45, 2.75) is 11.8 Å². The highest BCUT2D eigenvalue weighted by Gasteiger charge is 2.23. The number of Topliss-reactive ketones (excluding diaryl/α,β-unsaturated/α-hetero) is 1. The number of halogens is 1. The highest BCUT2D eigenvalue weighted by Crippen LogP contribution is 2.17. The van der Waals surface area contributed by atoms with E-state index in [2.05, 4.69) is 5.32 Å². The van der Waals surface area contributed by atoms with E-state index < -0.39 is 33.1 Å². The van der Waals surface area contributed by atoms with Gasteiger partial charge in [-0.05, 0) is 32.2 Å². The van der Waals surface area contributed by atoms with E-state index in [9.17, 15) is 22.4 Å². The Balaban J connectivity index is 2.93. The van der Waals surface area contributed by atoms with Crippen LogP contribution in [0.5, 0.6) is 0 Å². The van der Waals surface area contributed by atoms with Crippen LogP contribution >= 0.6 is 0 Å². The minimum Gasteiger partial charge on any atom is -0.344 e. The van der Waals surface area contributed by atoms with Crippen molar-refractivity contribution >= 4 is 21.5 Å². The molecule has 0 unspecified atom stereocenters. The second-order valence-electron chi connectivity index (χ2n) is 4.88. The molecule has 0 aliphatic heterocycles. The van der Waals surface area contributed by atoms with Crippen LogP contribution in [0, 0.1) is 5.82 Å². The van der Waals surface area contributed by atoms with Gasteiger partial charge in [0.15, 0.2) is 15.6 Å². The lowest BCUT2D eigenvalue weighted by molar-refractivity contribution is -0.127. The van der Waals surface area contributed by atoms with Gasteiger partial charge in [0.05, 0.1) is 10.5 Å². The van der Waals surface area contributed by atoms with E-state index in [1.807, 2.05) is 0 Å². The van der Waals surface area contributed by atoms with E-state index in [4.69, 9.17) is 0 Å². The number of nitrogens with zero attached hydrogens (tertiary/aromatic N) is 1. The van der Waals surface area contributed by atoms with Crippen molar-refractivity contribution in [2.24, 2.45) is 0 Å². The largest absolute Gasteiger partial charge is 0.344 e. The zero-order valence-corrected chi connectivity index (χ0v) is 13.5. The van der Waals surface area contributed by atoms with Crippen LogP contribution in [-0.2, 0) is 14.6 Å². The summed E-state index contributed by atoms with van der Waals surface area (Å²) < 4.78 is 38.0. The first-order valence-corrected chi connectivity index (χ1v) is 8.26. The van der Waals surface area contributed by atoms with Crippen LogP contribution in [0.3, 0.4) is 0 Å². The third-order valence-corrected chi connectivity index (χ3v) is 4.71. The van der Waals surface area contributed by atoms with E-state index in [-0.39, 0.29) is 10.5 Å². The van der Waals surface area contributed by atoms with E-state index in [1.165, 1.54) is 18.9 Å². The second-order valence-corrected chi connectivity index (χ2v) is 6.87. The Bertz CT molecular complexity index is 673. The number of hydrogen-bond acceptors (Lipinski definition) is 5. The fraction of sp³-hybridized carbons (Fsp3) is 0.429. The minimum atomic E-state index is -3.96. The highest BCUT2D eigenvalue weighted by molar-refractivity contribution is 7.92. The van der Waals surface area contributed by atoms with Gasteiger partial charge in [-0.2, -0.15) is 0 Å². The number of sulfone groups is 1. The first-order chi connectivity index (χ1) is 10.2. The molecule has 0 fully saturated rings. The topological polar surface area (TPSA) is 83.6 Å². The summed E-state index contributed by atoms with van der Waals surface area (Å²) in [4.78, 5) is 24.0. The summed E-state index contributed by atoms with van der Waals surface area (Å²) >= 11 is 0. The molecule has 0 spiro atoms. The normalized spacial score (nSPS) is 11.3. The van der Waals surface area contributed by atoms with Crippen molar-refractivity contribution in [3.8, 4) is 0 Å². The molecule has 0 heterocycles. The van der Waals surface area contributed by atoms with Gasteiger partial charge in [0.1, 0.15) is 11.6 Å². The van der Waals surface area contributed by atoms with Crippen LogP contribution in [0.1, 0.15) is 17.3 Å². The molecular weight excluding hydrogens is 311 g/mol. The van der Waals surface area contributed by atoms with Crippen LogP contribution in [-0.4, -0.2) is 57.9 Å². The van der Waals surface area contributed by atoms with Gasteiger partial charge in [0, 0.05) is 20.1 Å². The van der Waals surface area contributed by atoms with E-state index in [1.54, 1.807) is 7.05 Å². The lowest BCUT2D eigenvalue weighted by Crippen LogP contribution is -2.36. The molecule has 0 aliphatic carbocycles. The van der Waals surface area contributed by atoms with Gasteiger partial charge in [0.25, 0.3) is 0 Å². The number of carbonyl (C=O) groups is 2. The van der Waals surface area contributed by atoms with Crippen molar-refractivity contribution in [3.05, 3.63) is 29.6 Å². The maximum absolute atomic E-state index is 13.7. The number of benzene rings is 1. The molecule has 0 radical (unpaired) electrons. The summed E-state index contributed by atoms with van der Waals surface area (Å²) in [7, 11) is -0.746. The summed E-state index contributed by atoms with van der Waals surface area (Å²) in [5, 5.41) is 2.85. The molecule has 1 aromatic carbocycles. The SMILES string of the molecule is CNCCN(C)C(=O)CS(=O)(=O)c1ccc(C(C)=O)c(F)c1. The summed E-state index contributed by atoms with van der Waals surface area (Å²) in [6.45, 7) is 2.08. The molecule has 1 amide bonds. The van der Waals surface area contributed by atoms with Crippen molar-refractivity contribution in [1.29, 1.82) is 0 Å². The zero-order chi connectivity index (χ0) is 16.9. The molecule has 22 heavy (non-hydrogen) atoms. The molecule has 0 aliphatic rings. The van der Waals surface area contributed by atoms with Crippen LogP contribution < -0.4 is 5.32 Å². The average molecular weight is 330 g/mol. The Morgan fingerprint density at radius 2 is 1.95 bits per heavy atom. The molecule has 6 nitrogen and oxygen atoms in total. The lowest BCUT2D eigenvalue weighted by atomic mass is 10.1. The number of likely N-dealkylation sites (N-methyl/N-ethyl adjacent to an activating group) is 2. The number of ketones is 1. The second kappa shape index (κ2) is 7.46. The minimum absolute atomic E-state index is 0.184. The third kappa shape index (κ3) is 4.60. The Morgan fingerprint density at radius 1 is 1.32 bits per heavy atom. The number of rotatable bonds is 7. The van der Waals surface area contributed by atoms with E-state index in [0.717, 1.165) is 18.2 Å². The predicted molar refractivity (Wildman–Crippen MR) is 80.0 cm³/mol. The van der Waals surface area contributed by atoms with Gasteiger partial charge < -0.3 is 10.2 Å². The Hall–Kier alpha value is -1.80. The summed E-state index contributed by atoms with van der Waals surface area (Å²) in [5.74, 6) is -2.73. The summed E-state index contributed by atoms with van der Waals surface area (Å²) in [6.07, 6.45) is 0. The van der Waals surface area contributed by atoms with Crippen LogP contribution in [0.25, 0.3) is 0 Å². The molecule has 0 saturated carbocycles. The molecule has 0 atom stereocenters. The summed E-state index contributed by atoms with van der Waals surface area (Å²) in [6, 6.07) is 3.02. The van der Waals surface area contributed by atoms with Crippen LogP contribution in [0.4, 0.5) is 4.39 Å². The molecule has 0 aromatic heterocycles. The third-order valence-electron chi connectivity index (χ3n) is 3.12. The molecule has 122 valence electrons. The Kier molecular flexibility index (Phi) is 6.19. The first-order valence-electron chi connectivity index (χ1n) is 6.61.